The number of rotatable bonds is 8. The Hall–Kier alpha value is -4.41. The first-order chi connectivity index (χ1) is 18.8. The number of methoxy groups -OCH3 is 2. The summed E-state index contributed by atoms with van der Waals surface area (Å²) in [5.74, 6) is 0.507. The Balaban J connectivity index is 1.80. The summed E-state index contributed by atoms with van der Waals surface area (Å²) in [5, 5.41) is 5.86. The second-order valence-electron chi connectivity index (χ2n) is 10.1. The van der Waals surface area contributed by atoms with Gasteiger partial charge >= 0.3 is 5.97 Å². The zero-order valence-corrected chi connectivity index (χ0v) is 23.6. The van der Waals surface area contributed by atoms with E-state index >= 15 is 0 Å². The summed E-state index contributed by atoms with van der Waals surface area (Å²) in [6.07, 6.45) is 2.94. The van der Waals surface area contributed by atoms with Gasteiger partial charge in [0.05, 0.1) is 30.2 Å². The Morgan fingerprint density at radius 2 is 1.57 bits per heavy atom. The predicted molar refractivity (Wildman–Crippen MR) is 153 cm³/mol. The molecule has 1 heterocycles. The van der Waals surface area contributed by atoms with Crippen molar-refractivity contribution in [2.75, 3.05) is 14.2 Å². The number of fused-ring (bicyclic) bond motifs is 1. The number of benzene rings is 3. The number of nitrogens with two attached hydrogens (primary N) is 1. The standard InChI is InChI=1S/C30H30N2O7S/c1-30(2,3)29(34)39-28-21-8-6-7-9-23(21)32-27(28)22-16-19(25(37-4)17-26(22)38-5)12-15-24(33)18-10-13-20(14-11-18)40(31,35)36/h6-17,32H,1-5H3,(H2,31,35,36)/b15-12+. The molecule has 0 atom stereocenters. The van der Waals surface area contributed by atoms with E-state index in [-0.39, 0.29) is 16.2 Å². The van der Waals surface area contributed by atoms with Crippen molar-refractivity contribution < 1.29 is 32.2 Å². The minimum absolute atomic E-state index is 0.0872. The zero-order chi connectivity index (χ0) is 29.2. The molecule has 0 aliphatic rings. The van der Waals surface area contributed by atoms with E-state index in [0.29, 0.717) is 34.1 Å². The van der Waals surface area contributed by atoms with Crippen LogP contribution in [-0.4, -0.2) is 39.4 Å². The molecule has 0 radical (unpaired) electrons. The van der Waals surface area contributed by atoms with Crippen molar-refractivity contribution in [3.05, 3.63) is 77.9 Å². The molecule has 208 valence electrons. The molecule has 3 aromatic carbocycles. The SMILES string of the molecule is COc1cc(OC)c(-c2[nH]c3ccccc3c2OC(=O)C(C)(C)C)cc1/C=C/C(=O)c1ccc(S(N)(=O)=O)cc1. The van der Waals surface area contributed by atoms with Crippen LogP contribution in [0.25, 0.3) is 28.2 Å². The summed E-state index contributed by atoms with van der Waals surface area (Å²) >= 11 is 0. The molecule has 0 saturated carbocycles. The summed E-state index contributed by atoms with van der Waals surface area (Å²) in [4.78, 5) is 29.0. The fraction of sp³-hybridized carbons (Fsp3) is 0.200. The molecule has 0 saturated heterocycles. The van der Waals surface area contributed by atoms with Crippen LogP contribution in [0.15, 0.2) is 71.6 Å². The van der Waals surface area contributed by atoms with Gasteiger partial charge in [-0.1, -0.05) is 12.1 Å². The average molecular weight is 563 g/mol. The van der Waals surface area contributed by atoms with Crippen LogP contribution in [0, 0.1) is 5.41 Å². The number of ether oxygens (including phenoxy) is 3. The number of esters is 1. The van der Waals surface area contributed by atoms with E-state index in [1.54, 1.807) is 39.0 Å². The number of ketones is 1. The number of hydrogen-bond acceptors (Lipinski definition) is 7. The summed E-state index contributed by atoms with van der Waals surface area (Å²) in [5.41, 5.74) is 1.98. The van der Waals surface area contributed by atoms with Gasteiger partial charge in [-0.3, -0.25) is 9.59 Å². The minimum atomic E-state index is -3.87. The van der Waals surface area contributed by atoms with E-state index in [1.807, 2.05) is 24.3 Å². The van der Waals surface area contributed by atoms with Crippen LogP contribution in [0.3, 0.4) is 0 Å². The predicted octanol–water partition coefficient (Wildman–Crippen LogP) is 5.35. The second-order valence-corrected chi connectivity index (χ2v) is 11.6. The van der Waals surface area contributed by atoms with Crippen molar-refractivity contribution in [1.29, 1.82) is 0 Å². The van der Waals surface area contributed by atoms with E-state index in [9.17, 15) is 18.0 Å². The van der Waals surface area contributed by atoms with E-state index in [0.717, 1.165) is 10.9 Å². The van der Waals surface area contributed by atoms with Crippen LogP contribution in [0.4, 0.5) is 0 Å². The highest BCUT2D eigenvalue weighted by atomic mass is 32.2. The molecule has 0 aliphatic heterocycles. The van der Waals surface area contributed by atoms with Gasteiger partial charge in [0.15, 0.2) is 11.5 Å². The maximum Gasteiger partial charge on any atom is 0.316 e. The molecule has 4 rings (SSSR count). The topological polar surface area (TPSA) is 138 Å². The Bertz CT molecular complexity index is 1730. The van der Waals surface area contributed by atoms with E-state index in [2.05, 4.69) is 4.98 Å². The van der Waals surface area contributed by atoms with Crippen LogP contribution in [0.1, 0.15) is 36.7 Å². The van der Waals surface area contributed by atoms with Crippen molar-refractivity contribution in [2.24, 2.45) is 10.6 Å². The smallest absolute Gasteiger partial charge is 0.316 e. The van der Waals surface area contributed by atoms with E-state index < -0.39 is 21.4 Å². The fourth-order valence-corrected chi connectivity index (χ4v) is 4.49. The summed E-state index contributed by atoms with van der Waals surface area (Å²) < 4.78 is 40.2. The number of para-hydroxylation sites is 1. The van der Waals surface area contributed by atoms with Crippen LogP contribution in [0.5, 0.6) is 17.2 Å². The molecule has 0 amide bonds. The van der Waals surface area contributed by atoms with Crippen LogP contribution in [0.2, 0.25) is 0 Å². The molecule has 1 aromatic heterocycles. The van der Waals surface area contributed by atoms with Crippen molar-refractivity contribution in [1.82, 2.24) is 4.98 Å². The summed E-state index contributed by atoms with van der Waals surface area (Å²) in [7, 11) is -0.850. The zero-order valence-electron chi connectivity index (χ0n) is 22.8. The monoisotopic (exact) mass is 562 g/mol. The number of hydrogen-bond donors (Lipinski definition) is 2. The molecule has 0 aliphatic carbocycles. The van der Waals surface area contributed by atoms with Gasteiger partial charge in [0.2, 0.25) is 10.0 Å². The number of aromatic nitrogens is 1. The highest BCUT2D eigenvalue weighted by Gasteiger charge is 2.28. The number of H-pyrrole nitrogens is 1. The van der Waals surface area contributed by atoms with Gasteiger partial charge in [0.1, 0.15) is 11.5 Å². The number of aromatic amines is 1. The largest absolute Gasteiger partial charge is 0.496 e. The highest BCUT2D eigenvalue weighted by molar-refractivity contribution is 7.89. The van der Waals surface area contributed by atoms with Crippen LogP contribution < -0.4 is 19.3 Å². The number of allylic oxidation sites excluding steroid dienone is 1. The maximum atomic E-state index is 12.9. The third-order valence-corrected chi connectivity index (χ3v) is 7.10. The maximum absolute atomic E-state index is 12.9. The lowest BCUT2D eigenvalue weighted by Crippen LogP contribution is -2.25. The third kappa shape index (κ3) is 5.93. The molecule has 0 bridgehead atoms. The molecule has 0 spiro atoms. The Kier molecular flexibility index (Phi) is 7.86. The summed E-state index contributed by atoms with van der Waals surface area (Å²) in [6, 6.07) is 16.3. The van der Waals surface area contributed by atoms with E-state index in [1.165, 1.54) is 44.6 Å². The van der Waals surface area contributed by atoms with Crippen molar-refractivity contribution in [2.45, 2.75) is 25.7 Å². The Morgan fingerprint density at radius 3 is 2.17 bits per heavy atom. The minimum Gasteiger partial charge on any atom is -0.496 e. The molecular formula is C30H30N2O7S. The molecule has 3 N–H and O–H groups in total. The van der Waals surface area contributed by atoms with Crippen molar-refractivity contribution in [3.8, 4) is 28.5 Å². The first-order valence-electron chi connectivity index (χ1n) is 12.3. The number of nitrogens with one attached hydrogen (secondary N) is 1. The molecule has 9 nitrogen and oxygen atoms in total. The first kappa shape index (κ1) is 28.6. The molecule has 10 heteroatoms. The fourth-order valence-electron chi connectivity index (χ4n) is 3.98. The van der Waals surface area contributed by atoms with Gasteiger partial charge in [-0.25, -0.2) is 13.6 Å². The quantitative estimate of drug-likeness (QED) is 0.168. The normalized spacial score (nSPS) is 12.1. The third-order valence-electron chi connectivity index (χ3n) is 6.17. The van der Waals surface area contributed by atoms with Gasteiger partial charge in [-0.05, 0) is 75.4 Å². The Morgan fingerprint density at radius 1 is 0.925 bits per heavy atom. The lowest BCUT2D eigenvalue weighted by atomic mass is 9.97. The van der Waals surface area contributed by atoms with Gasteiger partial charge in [0.25, 0.3) is 0 Å². The van der Waals surface area contributed by atoms with Crippen LogP contribution in [-0.2, 0) is 14.8 Å². The Labute approximate surface area is 232 Å². The molecule has 40 heavy (non-hydrogen) atoms. The number of carbonyl (C=O) groups is 2. The van der Waals surface area contributed by atoms with Gasteiger partial charge < -0.3 is 19.2 Å². The molecule has 0 fully saturated rings. The van der Waals surface area contributed by atoms with Crippen molar-refractivity contribution >= 4 is 38.8 Å². The number of sulfonamides is 1. The lowest BCUT2D eigenvalue weighted by Gasteiger charge is -2.18. The molecule has 0 unspecified atom stereocenters. The van der Waals surface area contributed by atoms with Gasteiger partial charge in [-0.15, -0.1) is 0 Å². The first-order valence-corrected chi connectivity index (χ1v) is 13.8. The van der Waals surface area contributed by atoms with Gasteiger partial charge in [0, 0.05) is 33.7 Å². The molecule has 4 aromatic rings. The highest BCUT2D eigenvalue weighted by Crippen LogP contribution is 2.44. The van der Waals surface area contributed by atoms with Crippen molar-refractivity contribution in [3.63, 3.8) is 0 Å². The lowest BCUT2D eigenvalue weighted by molar-refractivity contribution is -0.142. The number of primary sulfonamides is 1. The average Bonchev–Trinajstić information content (AvgIpc) is 3.28. The second kappa shape index (κ2) is 11.0. The van der Waals surface area contributed by atoms with Gasteiger partial charge in [-0.2, -0.15) is 0 Å². The van der Waals surface area contributed by atoms with Crippen LogP contribution >= 0.6 is 0 Å². The molecular weight excluding hydrogens is 532 g/mol. The van der Waals surface area contributed by atoms with E-state index in [4.69, 9.17) is 19.3 Å². The summed E-state index contributed by atoms with van der Waals surface area (Å²) in [6.45, 7) is 5.33. The number of carbonyl (C=O) groups excluding carboxylic acids is 2.